The van der Waals surface area contributed by atoms with Gasteiger partial charge in [0.2, 0.25) is 10.0 Å². The average molecular weight is 543 g/mol. The highest BCUT2D eigenvalue weighted by molar-refractivity contribution is 14.0. The van der Waals surface area contributed by atoms with Crippen LogP contribution < -0.4 is 10.6 Å². The second-order valence-corrected chi connectivity index (χ2v) is 8.97. The van der Waals surface area contributed by atoms with E-state index in [0.717, 1.165) is 43.5 Å². The van der Waals surface area contributed by atoms with Gasteiger partial charge in [0.1, 0.15) is 0 Å². The molecule has 2 N–H and O–H groups in total. The summed E-state index contributed by atoms with van der Waals surface area (Å²) >= 11 is 0. The molecule has 9 heteroatoms. The first-order valence-electron chi connectivity index (χ1n) is 10.0. The van der Waals surface area contributed by atoms with Crippen molar-refractivity contribution in [2.75, 3.05) is 26.7 Å². The van der Waals surface area contributed by atoms with E-state index in [2.05, 4.69) is 20.6 Å². The summed E-state index contributed by atoms with van der Waals surface area (Å²) in [5, 5.41) is 6.52. The van der Waals surface area contributed by atoms with E-state index in [9.17, 15) is 8.42 Å². The molecule has 0 spiro atoms. The number of hydrogen-bond acceptors (Lipinski definition) is 4. The van der Waals surface area contributed by atoms with Crippen molar-refractivity contribution in [1.82, 2.24) is 19.9 Å². The Hall–Kier alpha value is -1.72. The lowest BCUT2D eigenvalue weighted by Crippen LogP contribution is -2.38. The molecule has 1 saturated heterocycles. The first kappa shape index (κ1) is 24.5. The Morgan fingerprint density at radius 2 is 1.80 bits per heavy atom. The van der Waals surface area contributed by atoms with E-state index in [1.165, 1.54) is 0 Å². The standard InChI is InChI=1S/C21H29N5O2S.HI/c1-22-21(24-14-12-19-7-3-4-13-23-19)25-17-18-8-10-20(11-9-18)29(27,28)26-15-5-2-6-16-26;/h3-4,7-11,13H,2,5-6,12,14-17H2,1H3,(H2,22,24,25);1H. The minimum atomic E-state index is -3.38. The Kier molecular flexibility index (Phi) is 9.99. The first-order valence-corrected chi connectivity index (χ1v) is 11.5. The van der Waals surface area contributed by atoms with E-state index < -0.39 is 10.0 Å². The fourth-order valence-corrected chi connectivity index (χ4v) is 4.81. The lowest BCUT2D eigenvalue weighted by Gasteiger charge is -2.25. The van der Waals surface area contributed by atoms with Gasteiger partial charge in [-0.15, -0.1) is 24.0 Å². The monoisotopic (exact) mass is 543 g/mol. The highest BCUT2D eigenvalue weighted by Gasteiger charge is 2.25. The molecular weight excluding hydrogens is 513 g/mol. The fraction of sp³-hybridized carbons (Fsp3) is 0.429. The van der Waals surface area contributed by atoms with Crippen LogP contribution in [0.5, 0.6) is 0 Å². The van der Waals surface area contributed by atoms with Gasteiger partial charge in [0.15, 0.2) is 5.96 Å². The Balaban J connectivity index is 0.00000320. The fourth-order valence-electron chi connectivity index (χ4n) is 3.29. The lowest BCUT2D eigenvalue weighted by molar-refractivity contribution is 0.346. The summed E-state index contributed by atoms with van der Waals surface area (Å²) in [6.07, 6.45) is 5.58. The molecule has 0 unspecified atom stereocenters. The highest BCUT2D eigenvalue weighted by Crippen LogP contribution is 2.20. The van der Waals surface area contributed by atoms with Crippen molar-refractivity contribution in [2.24, 2.45) is 4.99 Å². The van der Waals surface area contributed by atoms with Gasteiger partial charge in [-0.1, -0.05) is 24.6 Å². The predicted molar refractivity (Wildman–Crippen MR) is 131 cm³/mol. The van der Waals surface area contributed by atoms with Crippen LogP contribution in [-0.4, -0.2) is 50.3 Å². The number of piperidine rings is 1. The average Bonchev–Trinajstić information content (AvgIpc) is 2.77. The molecule has 1 aromatic carbocycles. The molecule has 1 fully saturated rings. The molecule has 30 heavy (non-hydrogen) atoms. The van der Waals surface area contributed by atoms with Crippen molar-refractivity contribution >= 4 is 40.0 Å². The normalized spacial score (nSPS) is 15.3. The van der Waals surface area contributed by atoms with E-state index in [-0.39, 0.29) is 24.0 Å². The molecule has 3 rings (SSSR count). The largest absolute Gasteiger partial charge is 0.356 e. The van der Waals surface area contributed by atoms with Gasteiger partial charge in [0.05, 0.1) is 4.90 Å². The van der Waals surface area contributed by atoms with Crippen molar-refractivity contribution in [2.45, 2.75) is 37.1 Å². The van der Waals surface area contributed by atoms with Gasteiger partial charge < -0.3 is 10.6 Å². The maximum atomic E-state index is 12.7. The van der Waals surface area contributed by atoms with Crippen LogP contribution in [0.3, 0.4) is 0 Å². The number of sulfonamides is 1. The summed E-state index contributed by atoms with van der Waals surface area (Å²) in [5.74, 6) is 0.700. The summed E-state index contributed by atoms with van der Waals surface area (Å²) in [6, 6.07) is 13.0. The first-order chi connectivity index (χ1) is 14.1. The van der Waals surface area contributed by atoms with Crippen LogP contribution in [-0.2, 0) is 23.0 Å². The Labute approximate surface area is 196 Å². The molecule has 2 heterocycles. The number of hydrogen-bond donors (Lipinski definition) is 2. The van der Waals surface area contributed by atoms with Gasteiger partial charge in [-0.3, -0.25) is 9.98 Å². The lowest BCUT2D eigenvalue weighted by atomic mass is 10.2. The summed E-state index contributed by atoms with van der Waals surface area (Å²) in [6.45, 7) is 2.52. The van der Waals surface area contributed by atoms with E-state index in [1.807, 2.05) is 30.3 Å². The van der Waals surface area contributed by atoms with Crippen molar-refractivity contribution < 1.29 is 8.42 Å². The molecule has 0 saturated carbocycles. The van der Waals surface area contributed by atoms with Gasteiger partial charge in [0, 0.05) is 51.5 Å². The molecular formula is C21H30IN5O2S. The zero-order valence-electron chi connectivity index (χ0n) is 17.3. The summed E-state index contributed by atoms with van der Waals surface area (Å²) in [5.41, 5.74) is 2.02. The van der Waals surface area contributed by atoms with Gasteiger partial charge >= 0.3 is 0 Å². The smallest absolute Gasteiger partial charge is 0.243 e. The van der Waals surface area contributed by atoms with Crippen molar-refractivity contribution in [1.29, 1.82) is 0 Å². The second-order valence-electron chi connectivity index (χ2n) is 7.03. The maximum absolute atomic E-state index is 12.7. The summed E-state index contributed by atoms with van der Waals surface area (Å²) in [7, 11) is -1.66. The number of nitrogens with zero attached hydrogens (tertiary/aromatic N) is 3. The molecule has 0 bridgehead atoms. The molecule has 1 aliphatic rings. The van der Waals surface area contributed by atoms with Gasteiger partial charge in [0.25, 0.3) is 0 Å². The van der Waals surface area contributed by atoms with E-state index in [0.29, 0.717) is 30.5 Å². The third kappa shape index (κ3) is 6.92. The molecule has 1 aromatic heterocycles. The number of benzene rings is 1. The van der Waals surface area contributed by atoms with Crippen LogP contribution in [0.25, 0.3) is 0 Å². The Morgan fingerprint density at radius 1 is 1.07 bits per heavy atom. The second kappa shape index (κ2) is 12.2. The van der Waals surface area contributed by atoms with E-state index >= 15 is 0 Å². The van der Waals surface area contributed by atoms with Crippen LogP contribution in [0.2, 0.25) is 0 Å². The number of rotatable bonds is 7. The predicted octanol–water partition coefficient (Wildman–Crippen LogP) is 2.78. The molecule has 0 aliphatic carbocycles. The zero-order valence-corrected chi connectivity index (χ0v) is 20.4. The van der Waals surface area contributed by atoms with E-state index in [1.54, 1.807) is 29.7 Å². The van der Waals surface area contributed by atoms with Gasteiger partial charge in [-0.05, 0) is 42.7 Å². The van der Waals surface area contributed by atoms with Crippen LogP contribution in [0.1, 0.15) is 30.5 Å². The van der Waals surface area contributed by atoms with Gasteiger partial charge in [-0.2, -0.15) is 4.31 Å². The number of halogens is 1. The molecule has 1 aliphatic heterocycles. The van der Waals surface area contributed by atoms with Gasteiger partial charge in [-0.25, -0.2) is 8.42 Å². The minimum Gasteiger partial charge on any atom is -0.356 e. The van der Waals surface area contributed by atoms with Crippen LogP contribution in [0.4, 0.5) is 0 Å². The van der Waals surface area contributed by atoms with Crippen LogP contribution in [0, 0.1) is 0 Å². The molecule has 164 valence electrons. The highest BCUT2D eigenvalue weighted by atomic mass is 127. The summed E-state index contributed by atoms with van der Waals surface area (Å²) in [4.78, 5) is 8.89. The van der Waals surface area contributed by atoms with Crippen molar-refractivity contribution in [3.05, 3.63) is 59.9 Å². The van der Waals surface area contributed by atoms with Crippen molar-refractivity contribution in [3.63, 3.8) is 0 Å². The number of aliphatic imine (C=N–C) groups is 1. The minimum absolute atomic E-state index is 0. The number of aromatic nitrogens is 1. The molecule has 7 nitrogen and oxygen atoms in total. The third-order valence-corrected chi connectivity index (χ3v) is 6.87. The van der Waals surface area contributed by atoms with Crippen LogP contribution >= 0.6 is 24.0 Å². The third-order valence-electron chi connectivity index (χ3n) is 4.96. The summed E-state index contributed by atoms with van der Waals surface area (Å²) < 4.78 is 27.0. The number of guanidine groups is 1. The Morgan fingerprint density at radius 3 is 2.43 bits per heavy atom. The SMILES string of the molecule is CN=C(NCCc1ccccn1)NCc1ccc(S(=O)(=O)N2CCCCC2)cc1.I. The van der Waals surface area contributed by atoms with Crippen LogP contribution in [0.15, 0.2) is 58.5 Å². The van der Waals surface area contributed by atoms with Crippen molar-refractivity contribution in [3.8, 4) is 0 Å². The molecule has 2 aromatic rings. The number of nitrogens with one attached hydrogen (secondary N) is 2. The Bertz CT molecular complexity index is 899. The molecule has 0 amide bonds. The topological polar surface area (TPSA) is 86.7 Å². The number of pyridine rings is 1. The molecule has 0 radical (unpaired) electrons. The zero-order chi connectivity index (χ0) is 20.5. The van der Waals surface area contributed by atoms with E-state index in [4.69, 9.17) is 0 Å². The molecule has 0 atom stereocenters. The quantitative estimate of drug-likeness (QED) is 0.319. The maximum Gasteiger partial charge on any atom is 0.243 e.